The summed E-state index contributed by atoms with van der Waals surface area (Å²) in [5.41, 5.74) is 1.29. The summed E-state index contributed by atoms with van der Waals surface area (Å²) in [6.07, 6.45) is 0.00644. The maximum absolute atomic E-state index is 14.2. The predicted octanol–water partition coefficient (Wildman–Crippen LogP) is 6.36. The van der Waals surface area contributed by atoms with Crippen LogP contribution in [0.15, 0.2) is 42.5 Å². The van der Waals surface area contributed by atoms with Gasteiger partial charge in [0.1, 0.15) is 5.82 Å². The lowest BCUT2D eigenvalue weighted by molar-refractivity contribution is -0.146. The number of likely N-dealkylation sites (tertiary alicyclic amines) is 1. The Morgan fingerprint density at radius 3 is 2.62 bits per heavy atom. The Kier molecular flexibility index (Phi) is 6.68. The molecule has 5 unspecified atom stereocenters. The molecule has 3 fully saturated rings. The molecule has 2 aliphatic heterocycles. The summed E-state index contributed by atoms with van der Waals surface area (Å²) < 4.78 is 53.4. The molecule has 4 nitrogen and oxygen atoms in total. The molecule has 39 heavy (non-hydrogen) atoms. The SMILES string of the molecule is CC(C)C1(C(=O)N2CCc3ccc(C(F)(F)F)cc3C2)CCC(N2CC3CC3C2CNc2ccc(F)cc2)C1. The highest BCUT2D eigenvalue weighted by molar-refractivity contribution is 5.84. The van der Waals surface area contributed by atoms with Gasteiger partial charge in [0, 0.05) is 44.0 Å². The molecule has 0 radical (unpaired) electrons. The number of carbonyl (C=O) groups is 1. The summed E-state index contributed by atoms with van der Waals surface area (Å²) in [5, 5.41) is 3.50. The first-order chi connectivity index (χ1) is 18.5. The molecule has 2 aromatic rings. The highest BCUT2D eigenvalue weighted by Crippen LogP contribution is 2.55. The van der Waals surface area contributed by atoms with Crippen LogP contribution in [0.3, 0.4) is 0 Å². The second-order valence-corrected chi connectivity index (χ2v) is 12.5. The average molecular weight is 544 g/mol. The van der Waals surface area contributed by atoms with Gasteiger partial charge in [-0.15, -0.1) is 0 Å². The van der Waals surface area contributed by atoms with E-state index in [4.69, 9.17) is 0 Å². The van der Waals surface area contributed by atoms with Crippen molar-refractivity contribution in [1.82, 2.24) is 9.80 Å². The van der Waals surface area contributed by atoms with Gasteiger partial charge in [-0.2, -0.15) is 13.2 Å². The highest BCUT2D eigenvalue weighted by atomic mass is 19.4. The molecule has 1 amide bonds. The highest BCUT2D eigenvalue weighted by Gasteiger charge is 2.57. The summed E-state index contributed by atoms with van der Waals surface area (Å²) in [7, 11) is 0. The Bertz CT molecular complexity index is 1230. The van der Waals surface area contributed by atoms with Crippen molar-refractivity contribution in [3.05, 3.63) is 65.0 Å². The summed E-state index contributed by atoms with van der Waals surface area (Å²) in [4.78, 5) is 18.6. The molecule has 1 saturated heterocycles. The lowest BCUT2D eigenvalue weighted by Gasteiger charge is -2.41. The summed E-state index contributed by atoms with van der Waals surface area (Å²) >= 11 is 0. The molecule has 2 aliphatic carbocycles. The fraction of sp³-hybridized carbons (Fsp3) is 0.581. The Labute approximate surface area is 227 Å². The van der Waals surface area contributed by atoms with Gasteiger partial charge in [0.15, 0.2) is 0 Å². The van der Waals surface area contributed by atoms with Gasteiger partial charge in [0.25, 0.3) is 0 Å². The number of hydrogen-bond donors (Lipinski definition) is 1. The van der Waals surface area contributed by atoms with Crippen LogP contribution in [-0.4, -0.2) is 47.4 Å². The first-order valence-corrected chi connectivity index (χ1v) is 14.3. The molecule has 2 heterocycles. The zero-order valence-corrected chi connectivity index (χ0v) is 22.6. The number of halogens is 4. The number of fused-ring (bicyclic) bond motifs is 2. The van der Waals surface area contributed by atoms with Crippen LogP contribution in [0.1, 0.15) is 56.2 Å². The van der Waals surface area contributed by atoms with Crippen molar-refractivity contribution >= 4 is 11.6 Å². The van der Waals surface area contributed by atoms with Crippen molar-refractivity contribution in [2.24, 2.45) is 23.2 Å². The maximum atomic E-state index is 14.2. The Balaban J connectivity index is 1.16. The third-order valence-electron chi connectivity index (χ3n) is 10.1. The van der Waals surface area contributed by atoms with E-state index in [-0.39, 0.29) is 24.2 Å². The number of piperidine rings is 1. The van der Waals surface area contributed by atoms with Gasteiger partial charge in [-0.3, -0.25) is 9.69 Å². The van der Waals surface area contributed by atoms with Crippen LogP contribution >= 0.6 is 0 Å². The molecule has 8 heteroatoms. The van der Waals surface area contributed by atoms with Gasteiger partial charge < -0.3 is 10.2 Å². The number of nitrogens with one attached hydrogen (secondary N) is 1. The van der Waals surface area contributed by atoms with E-state index >= 15 is 0 Å². The molecule has 210 valence electrons. The van der Waals surface area contributed by atoms with Crippen LogP contribution < -0.4 is 5.32 Å². The van der Waals surface area contributed by atoms with Crippen molar-refractivity contribution < 1.29 is 22.4 Å². The first-order valence-electron chi connectivity index (χ1n) is 14.3. The fourth-order valence-corrected chi connectivity index (χ4v) is 7.60. The van der Waals surface area contributed by atoms with Crippen LogP contribution in [0.2, 0.25) is 0 Å². The number of nitrogens with zero attached hydrogens (tertiary/aromatic N) is 2. The van der Waals surface area contributed by atoms with Gasteiger partial charge in [-0.1, -0.05) is 19.9 Å². The third-order valence-corrected chi connectivity index (χ3v) is 10.1. The normalized spacial score (nSPS) is 30.4. The Hall–Kier alpha value is -2.61. The van der Waals surface area contributed by atoms with Gasteiger partial charge >= 0.3 is 6.18 Å². The zero-order valence-electron chi connectivity index (χ0n) is 22.6. The molecular weight excluding hydrogens is 506 g/mol. The molecule has 2 saturated carbocycles. The van der Waals surface area contributed by atoms with Crippen molar-refractivity contribution in [3.8, 4) is 0 Å². The van der Waals surface area contributed by atoms with Crippen molar-refractivity contribution in [1.29, 1.82) is 0 Å². The summed E-state index contributed by atoms with van der Waals surface area (Å²) in [6, 6.07) is 11.1. The van der Waals surface area contributed by atoms with Crippen molar-refractivity contribution in [2.75, 3.05) is 25.0 Å². The van der Waals surface area contributed by atoms with E-state index in [1.54, 1.807) is 18.2 Å². The fourth-order valence-electron chi connectivity index (χ4n) is 7.60. The lowest BCUT2D eigenvalue weighted by atomic mass is 9.73. The molecular formula is C31H37F4N3O. The summed E-state index contributed by atoms with van der Waals surface area (Å²) in [6.45, 7) is 6.90. The molecule has 1 N–H and O–H groups in total. The van der Waals surface area contributed by atoms with Crippen LogP contribution in [0.25, 0.3) is 0 Å². The average Bonchev–Trinajstić information content (AvgIpc) is 3.36. The number of alkyl halides is 3. The lowest BCUT2D eigenvalue weighted by Crippen LogP contribution is -2.49. The number of carbonyl (C=O) groups excluding carboxylic acids is 1. The maximum Gasteiger partial charge on any atom is 0.416 e. The molecule has 0 spiro atoms. The van der Waals surface area contributed by atoms with Crippen LogP contribution in [0.5, 0.6) is 0 Å². The number of anilines is 1. The number of rotatable bonds is 6. The van der Waals surface area contributed by atoms with E-state index in [0.717, 1.165) is 55.6 Å². The van der Waals surface area contributed by atoms with E-state index in [9.17, 15) is 22.4 Å². The molecule has 6 rings (SSSR count). The minimum Gasteiger partial charge on any atom is -0.383 e. The Morgan fingerprint density at radius 2 is 1.90 bits per heavy atom. The van der Waals surface area contributed by atoms with E-state index in [0.29, 0.717) is 36.5 Å². The van der Waals surface area contributed by atoms with Crippen LogP contribution in [0, 0.1) is 29.0 Å². The van der Waals surface area contributed by atoms with E-state index in [1.165, 1.54) is 24.6 Å². The summed E-state index contributed by atoms with van der Waals surface area (Å²) in [5.74, 6) is 1.39. The molecule has 5 atom stereocenters. The minimum atomic E-state index is -4.39. The first kappa shape index (κ1) is 26.6. The van der Waals surface area contributed by atoms with Gasteiger partial charge in [0.2, 0.25) is 5.91 Å². The largest absolute Gasteiger partial charge is 0.416 e. The smallest absolute Gasteiger partial charge is 0.383 e. The predicted molar refractivity (Wildman–Crippen MR) is 142 cm³/mol. The van der Waals surface area contributed by atoms with E-state index in [1.807, 2.05) is 4.90 Å². The van der Waals surface area contributed by atoms with E-state index < -0.39 is 17.2 Å². The number of amides is 1. The van der Waals surface area contributed by atoms with E-state index in [2.05, 4.69) is 24.1 Å². The monoisotopic (exact) mass is 543 g/mol. The van der Waals surface area contributed by atoms with Gasteiger partial charge in [0.05, 0.1) is 11.0 Å². The molecule has 2 aromatic carbocycles. The second kappa shape index (κ2) is 9.79. The molecule has 4 aliphatic rings. The molecule has 0 bridgehead atoms. The Morgan fingerprint density at radius 1 is 1.13 bits per heavy atom. The second-order valence-electron chi connectivity index (χ2n) is 12.5. The minimum absolute atomic E-state index is 0.105. The van der Waals surface area contributed by atoms with Crippen LogP contribution in [-0.2, 0) is 23.9 Å². The third kappa shape index (κ3) is 4.94. The topological polar surface area (TPSA) is 35.6 Å². The van der Waals surface area contributed by atoms with Crippen LogP contribution in [0.4, 0.5) is 23.2 Å². The standard InChI is InChI=1S/C31H37F4N3O/c1-19(2)30(29(39)37-12-10-20-3-4-23(31(33,34)35)13-21(20)17-37)11-9-26(15-30)38-18-22-14-27(22)28(38)16-36-25-7-5-24(32)6-8-25/h3-8,13,19,22,26-28,36H,9-12,14-18H2,1-2H3. The number of hydrogen-bond acceptors (Lipinski definition) is 3. The molecule has 0 aromatic heterocycles. The van der Waals surface area contributed by atoms with Crippen molar-refractivity contribution in [2.45, 2.75) is 70.8 Å². The number of benzene rings is 2. The van der Waals surface area contributed by atoms with Crippen molar-refractivity contribution in [3.63, 3.8) is 0 Å². The zero-order chi connectivity index (χ0) is 27.5. The van der Waals surface area contributed by atoms with Gasteiger partial charge in [-0.25, -0.2) is 4.39 Å². The van der Waals surface area contributed by atoms with Gasteiger partial charge in [-0.05, 0) is 97.4 Å². The quantitative estimate of drug-likeness (QED) is 0.431.